The van der Waals surface area contributed by atoms with Gasteiger partial charge in [0, 0.05) is 18.2 Å². The molecular weight excluding hydrogens is 268 g/mol. The molecule has 0 aliphatic carbocycles. The van der Waals surface area contributed by atoms with E-state index in [9.17, 15) is 0 Å². The lowest BCUT2D eigenvalue weighted by atomic mass is 10.2. The van der Waals surface area contributed by atoms with E-state index < -0.39 is 0 Å². The van der Waals surface area contributed by atoms with Gasteiger partial charge in [-0.05, 0) is 6.07 Å². The Morgan fingerprint density at radius 3 is 3.05 bits per heavy atom. The fourth-order valence-electron chi connectivity index (χ4n) is 1.84. The first-order chi connectivity index (χ1) is 9.22. The summed E-state index contributed by atoms with van der Waals surface area (Å²) < 4.78 is 10.7. The highest BCUT2D eigenvalue weighted by Crippen LogP contribution is 2.35. The van der Waals surface area contributed by atoms with Crippen LogP contribution < -0.4 is 20.5 Å². The van der Waals surface area contributed by atoms with Gasteiger partial charge in [-0.2, -0.15) is 4.98 Å². The van der Waals surface area contributed by atoms with Crippen LogP contribution in [0.4, 0.5) is 11.8 Å². The number of anilines is 2. The minimum absolute atomic E-state index is 0.132. The lowest BCUT2D eigenvalue weighted by Crippen LogP contribution is -2.05. The van der Waals surface area contributed by atoms with Crippen LogP contribution in [-0.2, 0) is 6.54 Å². The van der Waals surface area contributed by atoms with Crippen LogP contribution in [0, 0.1) is 0 Å². The molecule has 0 fully saturated rings. The SMILES string of the molecule is Nc1nc(Cl)cc(NCc2cccc3c2OCO3)n1. The predicted octanol–water partition coefficient (Wildman–Crippen LogP) is 2.05. The molecule has 0 bridgehead atoms. The third-order valence-electron chi connectivity index (χ3n) is 2.65. The van der Waals surface area contributed by atoms with Gasteiger partial charge < -0.3 is 20.5 Å². The summed E-state index contributed by atoms with van der Waals surface area (Å²) in [7, 11) is 0. The summed E-state index contributed by atoms with van der Waals surface area (Å²) in [6, 6.07) is 7.34. The number of benzene rings is 1. The lowest BCUT2D eigenvalue weighted by molar-refractivity contribution is 0.173. The van der Waals surface area contributed by atoms with Gasteiger partial charge in [0.2, 0.25) is 12.7 Å². The number of rotatable bonds is 3. The average Bonchev–Trinajstić information content (AvgIpc) is 2.83. The molecule has 0 spiro atoms. The van der Waals surface area contributed by atoms with E-state index in [0.29, 0.717) is 17.5 Å². The molecule has 0 amide bonds. The highest BCUT2D eigenvalue weighted by atomic mass is 35.5. The zero-order valence-electron chi connectivity index (χ0n) is 9.89. The highest BCUT2D eigenvalue weighted by molar-refractivity contribution is 6.29. The number of para-hydroxylation sites is 1. The van der Waals surface area contributed by atoms with Crippen molar-refractivity contribution in [2.24, 2.45) is 0 Å². The minimum atomic E-state index is 0.132. The molecule has 3 N–H and O–H groups in total. The maximum absolute atomic E-state index is 5.81. The molecule has 0 saturated heterocycles. The molecule has 1 aromatic carbocycles. The number of hydrogen-bond donors (Lipinski definition) is 2. The second kappa shape index (κ2) is 4.81. The number of halogens is 1. The highest BCUT2D eigenvalue weighted by Gasteiger charge is 2.16. The molecule has 6 nitrogen and oxygen atoms in total. The number of hydrogen-bond acceptors (Lipinski definition) is 6. The Bertz CT molecular complexity index is 600. The van der Waals surface area contributed by atoms with Crippen molar-refractivity contribution < 1.29 is 9.47 Å². The molecule has 1 aliphatic heterocycles. The number of ether oxygens (including phenoxy) is 2. The van der Waals surface area contributed by atoms with Gasteiger partial charge in [-0.3, -0.25) is 0 Å². The molecule has 0 radical (unpaired) electrons. The molecule has 98 valence electrons. The first-order valence-corrected chi connectivity index (χ1v) is 6.01. The maximum Gasteiger partial charge on any atom is 0.231 e. The molecule has 19 heavy (non-hydrogen) atoms. The van der Waals surface area contributed by atoms with Gasteiger partial charge in [-0.25, -0.2) is 4.98 Å². The zero-order chi connectivity index (χ0) is 13.2. The Balaban J connectivity index is 1.78. The van der Waals surface area contributed by atoms with Crippen LogP contribution in [0.15, 0.2) is 24.3 Å². The van der Waals surface area contributed by atoms with Crippen LogP contribution >= 0.6 is 11.6 Å². The van der Waals surface area contributed by atoms with Crippen molar-refractivity contribution in [1.29, 1.82) is 0 Å². The smallest absolute Gasteiger partial charge is 0.231 e. The normalized spacial score (nSPS) is 12.5. The summed E-state index contributed by atoms with van der Waals surface area (Å²) in [5.74, 6) is 2.20. The van der Waals surface area contributed by atoms with Crippen molar-refractivity contribution in [2.45, 2.75) is 6.54 Å². The van der Waals surface area contributed by atoms with E-state index in [1.807, 2.05) is 18.2 Å². The second-order valence-electron chi connectivity index (χ2n) is 3.94. The number of nitrogens with one attached hydrogen (secondary N) is 1. The lowest BCUT2D eigenvalue weighted by Gasteiger charge is -2.08. The summed E-state index contributed by atoms with van der Waals surface area (Å²) in [6.07, 6.45) is 0. The molecule has 0 unspecified atom stereocenters. The number of nitrogens with two attached hydrogens (primary N) is 1. The molecule has 0 atom stereocenters. The van der Waals surface area contributed by atoms with Crippen molar-refractivity contribution in [3.63, 3.8) is 0 Å². The Hall–Kier alpha value is -2.21. The molecule has 2 aromatic rings. The van der Waals surface area contributed by atoms with E-state index >= 15 is 0 Å². The Morgan fingerprint density at radius 2 is 2.21 bits per heavy atom. The summed E-state index contributed by atoms with van der Waals surface area (Å²) in [4.78, 5) is 7.84. The van der Waals surface area contributed by atoms with E-state index in [2.05, 4.69) is 15.3 Å². The van der Waals surface area contributed by atoms with Gasteiger partial charge in [-0.15, -0.1) is 0 Å². The number of aromatic nitrogens is 2. The second-order valence-corrected chi connectivity index (χ2v) is 4.33. The van der Waals surface area contributed by atoms with E-state index in [1.54, 1.807) is 6.07 Å². The third kappa shape index (κ3) is 2.48. The quantitative estimate of drug-likeness (QED) is 0.836. The topological polar surface area (TPSA) is 82.3 Å². The van der Waals surface area contributed by atoms with Crippen LogP contribution in [0.2, 0.25) is 5.15 Å². The van der Waals surface area contributed by atoms with Crippen LogP contribution in [-0.4, -0.2) is 16.8 Å². The van der Waals surface area contributed by atoms with Crippen molar-refractivity contribution in [1.82, 2.24) is 9.97 Å². The van der Waals surface area contributed by atoms with Gasteiger partial charge in [0.25, 0.3) is 0 Å². The number of nitrogens with zero attached hydrogens (tertiary/aromatic N) is 2. The van der Waals surface area contributed by atoms with Gasteiger partial charge in [-0.1, -0.05) is 23.7 Å². The third-order valence-corrected chi connectivity index (χ3v) is 2.84. The standard InChI is InChI=1S/C12H11ClN4O2/c13-9-4-10(17-12(14)16-9)15-5-7-2-1-3-8-11(7)19-6-18-8/h1-4H,5-6H2,(H3,14,15,16,17). The van der Waals surface area contributed by atoms with Crippen LogP contribution in [0.3, 0.4) is 0 Å². The molecular formula is C12H11ClN4O2. The van der Waals surface area contributed by atoms with Gasteiger partial charge in [0.15, 0.2) is 11.5 Å². The van der Waals surface area contributed by atoms with Crippen molar-refractivity contribution in [2.75, 3.05) is 17.8 Å². The zero-order valence-corrected chi connectivity index (χ0v) is 10.6. The monoisotopic (exact) mass is 278 g/mol. The van der Waals surface area contributed by atoms with E-state index in [-0.39, 0.29) is 12.7 Å². The fraction of sp³-hybridized carbons (Fsp3) is 0.167. The van der Waals surface area contributed by atoms with Crippen molar-refractivity contribution in [3.8, 4) is 11.5 Å². The molecule has 0 saturated carbocycles. The largest absolute Gasteiger partial charge is 0.454 e. The van der Waals surface area contributed by atoms with Gasteiger partial charge in [0.05, 0.1) is 0 Å². The Morgan fingerprint density at radius 1 is 1.32 bits per heavy atom. The van der Waals surface area contributed by atoms with Crippen LogP contribution in [0.1, 0.15) is 5.56 Å². The Labute approximate surface area is 114 Å². The van der Waals surface area contributed by atoms with Crippen molar-refractivity contribution >= 4 is 23.4 Å². The van der Waals surface area contributed by atoms with Crippen LogP contribution in [0.25, 0.3) is 0 Å². The summed E-state index contributed by atoms with van der Waals surface area (Å²) >= 11 is 5.81. The minimum Gasteiger partial charge on any atom is -0.454 e. The number of fused-ring (bicyclic) bond motifs is 1. The van der Waals surface area contributed by atoms with E-state index in [4.69, 9.17) is 26.8 Å². The van der Waals surface area contributed by atoms with Crippen LogP contribution in [0.5, 0.6) is 11.5 Å². The Kier molecular flexibility index (Phi) is 3.00. The summed E-state index contributed by atoms with van der Waals surface area (Å²) in [5.41, 5.74) is 6.50. The molecule has 3 rings (SSSR count). The molecule has 7 heteroatoms. The summed E-state index contributed by atoms with van der Waals surface area (Å²) in [5, 5.41) is 3.42. The van der Waals surface area contributed by atoms with E-state index in [0.717, 1.165) is 17.1 Å². The summed E-state index contributed by atoms with van der Waals surface area (Å²) in [6.45, 7) is 0.776. The fourth-order valence-corrected chi connectivity index (χ4v) is 2.03. The van der Waals surface area contributed by atoms with Gasteiger partial charge >= 0.3 is 0 Å². The van der Waals surface area contributed by atoms with E-state index in [1.165, 1.54) is 0 Å². The maximum atomic E-state index is 5.81. The first-order valence-electron chi connectivity index (χ1n) is 5.64. The molecule has 2 heterocycles. The molecule has 1 aliphatic rings. The average molecular weight is 279 g/mol. The molecule has 1 aromatic heterocycles. The van der Waals surface area contributed by atoms with Gasteiger partial charge in [0.1, 0.15) is 11.0 Å². The number of nitrogen functional groups attached to an aromatic ring is 1. The van der Waals surface area contributed by atoms with Crippen molar-refractivity contribution in [3.05, 3.63) is 35.0 Å². The predicted molar refractivity (Wildman–Crippen MR) is 71.3 cm³/mol. The first kappa shape index (κ1) is 11.9.